The van der Waals surface area contributed by atoms with E-state index in [0.29, 0.717) is 18.7 Å². The minimum Gasteiger partial charge on any atom is -0.404 e. The fraction of sp³-hybridized carbons (Fsp3) is 0.400. The van der Waals surface area contributed by atoms with Gasteiger partial charge in [0.1, 0.15) is 6.10 Å². The van der Waals surface area contributed by atoms with Gasteiger partial charge in [0.15, 0.2) is 5.79 Å². The van der Waals surface area contributed by atoms with E-state index in [1.54, 1.807) is 18.3 Å². The molecule has 1 aliphatic heterocycles. The van der Waals surface area contributed by atoms with Gasteiger partial charge in [-0.3, -0.25) is 15.1 Å². The molecule has 7 heteroatoms. The second-order valence-electron chi connectivity index (χ2n) is 5.37. The predicted molar refractivity (Wildman–Crippen MR) is 83.5 cm³/mol. The molecule has 1 heterocycles. The number of benzene rings is 1. The van der Waals surface area contributed by atoms with Crippen molar-refractivity contribution in [3.8, 4) is 0 Å². The molecule has 1 aromatic rings. The van der Waals surface area contributed by atoms with Crippen molar-refractivity contribution in [1.29, 1.82) is 0 Å². The predicted octanol–water partition coefficient (Wildman–Crippen LogP) is 2.12. The van der Waals surface area contributed by atoms with E-state index in [9.17, 15) is 10.1 Å². The molecule has 1 aliphatic rings. The molecule has 22 heavy (non-hydrogen) atoms. The van der Waals surface area contributed by atoms with E-state index in [0.717, 1.165) is 5.56 Å². The number of nitro benzene ring substituents is 1. The van der Waals surface area contributed by atoms with E-state index in [1.165, 1.54) is 18.3 Å². The van der Waals surface area contributed by atoms with E-state index >= 15 is 0 Å². The van der Waals surface area contributed by atoms with E-state index < -0.39 is 10.7 Å². The number of aliphatic imine (C=N–C) groups is 1. The molecule has 0 amide bonds. The fourth-order valence-electron chi connectivity index (χ4n) is 2.11. The molecule has 7 nitrogen and oxygen atoms in total. The second-order valence-corrected chi connectivity index (χ2v) is 5.37. The van der Waals surface area contributed by atoms with Crippen LogP contribution in [0.15, 0.2) is 35.5 Å². The van der Waals surface area contributed by atoms with Crippen LogP contribution in [0, 0.1) is 10.1 Å². The Labute approximate surface area is 128 Å². The Morgan fingerprint density at radius 3 is 2.68 bits per heavy atom. The van der Waals surface area contributed by atoms with Gasteiger partial charge in [0.25, 0.3) is 5.69 Å². The normalized spacial score (nSPS) is 21.4. The van der Waals surface area contributed by atoms with Crippen LogP contribution >= 0.6 is 0 Å². The summed E-state index contributed by atoms with van der Waals surface area (Å²) in [7, 11) is 0. The highest BCUT2D eigenvalue weighted by Crippen LogP contribution is 2.22. The lowest BCUT2D eigenvalue weighted by Crippen LogP contribution is -2.22. The molecule has 2 rings (SSSR count). The summed E-state index contributed by atoms with van der Waals surface area (Å²) in [4.78, 5) is 14.5. The highest BCUT2D eigenvalue weighted by atomic mass is 16.7. The van der Waals surface area contributed by atoms with Crippen molar-refractivity contribution in [2.24, 2.45) is 10.7 Å². The van der Waals surface area contributed by atoms with Gasteiger partial charge in [0, 0.05) is 30.1 Å². The van der Waals surface area contributed by atoms with Crippen molar-refractivity contribution >= 4 is 17.5 Å². The molecular formula is C15H19N3O4. The minimum absolute atomic E-state index is 0.0378. The Bertz CT molecular complexity index is 593. The quantitative estimate of drug-likeness (QED) is 0.510. The zero-order valence-electron chi connectivity index (χ0n) is 12.6. The lowest BCUT2D eigenvalue weighted by atomic mass is 10.1. The van der Waals surface area contributed by atoms with Crippen LogP contribution in [0.2, 0.25) is 0 Å². The lowest BCUT2D eigenvalue weighted by Gasteiger charge is -2.16. The first-order chi connectivity index (χ1) is 10.4. The molecule has 0 unspecified atom stereocenters. The summed E-state index contributed by atoms with van der Waals surface area (Å²) in [5, 5.41) is 10.6. The van der Waals surface area contributed by atoms with Crippen LogP contribution in [0.25, 0.3) is 5.57 Å². The Hall–Kier alpha value is -2.25. The first-order valence-corrected chi connectivity index (χ1v) is 6.89. The number of nitro groups is 1. The average Bonchev–Trinajstić information content (AvgIpc) is 2.83. The van der Waals surface area contributed by atoms with Gasteiger partial charge in [-0.15, -0.1) is 0 Å². The fourth-order valence-corrected chi connectivity index (χ4v) is 2.11. The summed E-state index contributed by atoms with van der Waals surface area (Å²) in [5.41, 5.74) is 7.09. The van der Waals surface area contributed by atoms with Crippen molar-refractivity contribution in [2.75, 3.05) is 13.2 Å². The summed E-state index contributed by atoms with van der Waals surface area (Å²) >= 11 is 0. The summed E-state index contributed by atoms with van der Waals surface area (Å²) < 4.78 is 11.1. The van der Waals surface area contributed by atoms with E-state index in [-0.39, 0.29) is 11.8 Å². The highest BCUT2D eigenvalue weighted by molar-refractivity contribution is 6.09. The van der Waals surface area contributed by atoms with Crippen molar-refractivity contribution in [3.63, 3.8) is 0 Å². The molecule has 118 valence electrons. The van der Waals surface area contributed by atoms with Gasteiger partial charge in [-0.25, -0.2) is 0 Å². The monoisotopic (exact) mass is 305 g/mol. The number of ether oxygens (including phenoxy) is 2. The average molecular weight is 305 g/mol. The van der Waals surface area contributed by atoms with Crippen LogP contribution < -0.4 is 5.73 Å². The Kier molecular flexibility index (Phi) is 4.89. The first-order valence-electron chi connectivity index (χ1n) is 6.89. The maximum atomic E-state index is 10.6. The maximum absolute atomic E-state index is 10.6. The topological polar surface area (TPSA) is 100.0 Å². The van der Waals surface area contributed by atoms with Gasteiger partial charge in [-0.05, 0) is 31.5 Å². The number of allylic oxidation sites excluding steroid dienone is 1. The minimum atomic E-state index is -0.564. The van der Waals surface area contributed by atoms with Crippen molar-refractivity contribution in [2.45, 2.75) is 25.7 Å². The van der Waals surface area contributed by atoms with Gasteiger partial charge in [-0.2, -0.15) is 0 Å². The Balaban J connectivity index is 1.97. The summed E-state index contributed by atoms with van der Waals surface area (Å²) in [6.45, 7) is 4.69. The zero-order chi connectivity index (χ0) is 16.2. The number of rotatable bonds is 5. The number of nitrogens with two attached hydrogens (primary N) is 1. The Morgan fingerprint density at radius 2 is 2.18 bits per heavy atom. The van der Waals surface area contributed by atoms with Crippen LogP contribution in [0.3, 0.4) is 0 Å². The summed E-state index contributed by atoms with van der Waals surface area (Å²) in [6.07, 6.45) is 2.97. The molecule has 1 atom stereocenters. The molecule has 0 spiro atoms. The summed E-state index contributed by atoms with van der Waals surface area (Å²) in [5.74, 6) is -0.564. The van der Waals surface area contributed by atoms with Gasteiger partial charge in [0.2, 0.25) is 0 Å². The third-order valence-electron chi connectivity index (χ3n) is 3.20. The van der Waals surface area contributed by atoms with Gasteiger partial charge < -0.3 is 15.2 Å². The van der Waals surface area contributed by atoms with Crippen molar-refractivity contribution < 1.29 is 14.4 Å². The van der Waals surface area contributed by atoms with E-state index in [1.807, 2.05) is 13.8 Å². The second kappa shape index (κ2) is 6.67. The Morgan fingerprint density at radius 1 is 1.50 bits per heavy atom. The molecule has 0 aromatic heterocycles. The molecule has 1 aromatic carbocycles. The van der Waals surface area contributed by atoms with E-state index in [2.05, 4.69) is 4.99 Å². The molecule has 0 bridgehead atoms. The summed E-state index contributed by atoms with van der Waals surface area (Å²) in [6, 6.07) is 6.15. The largest absolute Gasteiger partial charge is 0.404 e. The third kappa shape index (κ3) is 4.12. The molecule has 0 aliphatic carbocycles. The number of non-ortho nitro benzene ring substituents is 1. The lowest BCUT2D eigenvalue weighted by molar-refractivity contribution is -0.384. The van der Waals surface area contributed by atoms with Crippen molar-refractivity contribution in [1.82, 2.24) is 0 Å². The van der Waals surface area contributed by atoms with E-state index in [4.69, 9.17) is 15.2 Å². The third-order valence-corrected chi connectivity index (χ3v) is 3.20. The highest BCUT2D eigenvalue weighted by Gasteiger charge is 2.32. The standard InChI is InChI=1S/C15H19N3O4/c1-15(2)21-10-14(22-15)9-17-8-12(7-16)11-3-5-13(6-4-11)18(19)20/h3-8,14H,9-10,16H2,1-2H3/t14-/m1/s1. The first kappa shape index (κ1) is 16.1. The SMILES string of the molecule is CC1(C)OC[C@@H](CN=CC(=CN)c2ccc([N+](=O)[O-])cc2)O1. The van der Waals surface area contributed by atoms with Gasteiger partial charge in [-0.1, -0.05) is 0 Å². The maximum Gasteiger partial charge on any atom is 0.269 e. The number of hydrogen-bond acceptors (Lipinski definition) is 6. The molecular weight excluding hydrogens is 286 g/mol. The van der Waals surface area contributed by atoms with Crippen LogP contribution in [0.4, 0.5) is 5.69 Å². The van der Waals surface area contributed by atoms with Crippen LogP contribution in [0.1, 0.15) is 19.4 Å². The van der Waals surface area contributed by atoms with Gasteiger partial charge in [0.05, 0.1) is 18.1 Å². The molecule has 0 saturated carbocycles. The molecule has 2 N–H and O–H groups in total. The van der Waals surface area contributed by atoms with Crippen molar-refractivity contribution in [3.05, 3.63) is 46.1 Å². The molecule has 0 radical (unpaired) electrons. The number of hydrogen-bond donors (Lipinski definition) is 1. The van der Waals surface area contributed by atoms with Gasteiger partial charge >= 0.3 is 0 Å². The molecule has 1 saturated heterocycles. The van der Waals surface area contributed by atoms with Crippen LogP contribution in [0.5, 0.6) is 0 Å². The smallest absolute Gasteiger partial charge is 0.269 e. The number of nitrogens with zero attached hydrogens (tertiary/aromatic N) is 2. The van der Waals surface area contributed by atoms with Crippen LogP contribution in [-0.2, 0) is 9.47 Å². The van der Waals surface area contributed by atoms with Crippen LogP contribution in [-0.4, -0.2) is 36.2 Å². The zero-order valence-corrected chi connectivity index (χ0v) is 12.6. The molecule has 1 fully saturated rings.